The standard InChI is InChI=1S/C19H29N3O6S2/c1-3-16-5-6-17(15-18(16)30(26,27)22-11-13-28-14-12-22)19(23)20-7-9-21(10-8-20)29(24,25)4-2/h5-6,15H,3-4,7-14H2,1-2H3. The van der Waals surface area contributed by atoms with Gasteiger partial charge in [0.05, 0.1) is 23.9 Å². The van der Waals surface area contributed by atoms with Crippen molar-refractivity contribution in [2.45, 2.75) is 25.2 Å². The summed E-state index contributed by atoms with van der Waals surface area (Å²) in [6, 6.07) is 4.80. The van der Waals surface area contributed by atoms with Crippen LogP contribution in [0.5, 0.6) is 0 Å². The molecule has 0 aliphatic carbocycles. The number of carbonyl (C=O) groups excluding carboxylic acids is 1. The van der Waals surface area contributed by atoms with Gasteiger partial charge in [-0.3, -0.25) is 4.79 Å². The van der Waals surface area contributed by atoms with Crippen LogP contribution in [0.4, 0.5) is 0 Å². The summed E-state index contributed by atoms with van der Waals surface area (Å²) >= 11 is 0. The predicted octanol–water partition coefficient (Wildman–Crippen LogP) is 0.377. The van der Waals surface area contributed by atoms with E-state index in [1.807, 2.05) is 6.92 Å². The number of nitrogens with zero attached hydrogens (tertiary/aromatic N) is 3. The molecule has 9 nitrogen and oxygen atoms in total. The van der Waals surface area contributed by atoms with E-state index in [1.165, 1.54) is 14.7 Å². The number of morpholine rings is 1. The number of rotatable bonds is 6. The Labute approximate surface area is 178 Å². The number of ether oxygens (including phenoxy) is 1. The molecule has 2 aliphatic heterocycles. The summed E-state index contributed by atoms with van der Waals surface area (Å²) in [6.07, 6.45) is 0.529. The average Bonchev–Trinajstić information content (AvgIpc) is 2.78. The Kier molecular flexibility index (Phi) is 7.18. The van der Waals surface area contributed by atoms with Gasteiger partial charge in [-0.2, -0.15) is 8.61 Å². The van der Waals surface area contributed by atoms with Crippen molar-refractivity contribution in [2.24, 2.45) is 0 Å². The Morgan fingerprint density at radius 1 is 0.933 bits per heavy atom. The van der Waals surface area contributed by atoms with Crippen LogP contribution in [0.2, 0.25) is 0 Å². The van der Waals surface area contributed by atoms with Crippen molar-refractivity contribution in [3.05, 3.63) is 29.3 Å². The first kappa shape index (κ1) is 23.1. The van der Waals surface area contributed by atoms with Crippen molar-refractivity contribution in [2.75, 3.05) is 58.2 Å². The quantitative estimate of drug-likeness (QED) is 0.609. The monoisotopic (exact) mass is 459 g/mol. The van der Waals surface area contributed by atoms with Crippen molar-refractivity contribution < 1.29 is 26.4 Å². The van der Waals surface area contributed by atoms with E-state index >= 15 is 0 Å². The van der Waals surface area contributed by atoms with E-state index < -0.39 is 20.0 Å². The zero-order valence-corrected chi connectivity index (χ0v) is 19.0. The second-order valence-corrected chi connectivity index (χ2v) is 11.4. The maximum absolute atomic E-state index is 13.2. The summed E-state index contributed by atoms with van der Waals surface area (Å²) in [5.74, 6) is -0.257. The van der Waals surface area contributed by atoms with Crippen LogP contribution in [0.15, 0.2) is 23.1 Å². The molecule has 0 atom stereocenters. The zero-order valence-electron chi connectivity index (χ0n) is 17.4. The van der Waals surface area contributed by atoms with E-state index in [0.717, 1.165) is 0 Å². The first-order valence-corrected chi connectivity index (χ1v) is 13.2. The summed E-state index contributed by atoms with van der Waals surface area (Å²) in [5.41, 5.74) is 0.961. The number of hydrogen-bond acceptors (Lipinski definition) is 6. The van der Waals surface area contributed by atoms with Gasteiger partial charge >= 0.3 is 0 Å². The molecule has 1 aromatic rings. The van der Waals surface area contributed by atoms with Crippen LogP contribution in [-0.2, 0) is 31.2 Å². The Hall–Kier alpha value is -1.53. The van der Waals surface area contributed by atoms with Crippen molar-refractivity contribution in [1.82, 2.24) is 13.5 Å². The molecule has 1 amide bonds. The van der Waals surface area contributed by atoms with Gasteiger partial charge in [-0.25, -0.2) is 16.8 Å². The van der Waals surface area contributed by atoms with Crippen LogP contribution in [0.1, 0.15) is 29.8 Å². The molecule has 0 unspecified atom stereocenters. The summed E-state index contributed by atoms with van der Waals surface area (Å²) < 4.78 is 58.4. The third kappa shape index (κ3) is 4.70. The van der Waals surface area contributed by atoms with E-state index in [1.54, 1.807) is 24.0 Å². The average molecular weight is 460 g/mol. The highest BCUT2D eigenvalue weighted by atomic mass is 32.2. The minimum absolute atomic E-state index is 0.0299. The molecular formula is C19H29N3O6S2. The summed E-state index contributed by atoms with van der Waals surface area (Å²) in [5, 5.41) is 0. The highest BCUT2D eigenvalue weighted by Gasteiger charge is 2.31. The lowest BCUT2D eigenvalue weighted by atomic mass is 10.1. The zero-order chi connectivity index (χ0) is 21.9. The molecule has 3 rings (SSSR count). The van der Waals surface area contributed by atoms with Crippen LogP contribution in [-0.4, -0.2) is 94.5 Å². The van der Waals surface area contributed by atoms with Crippen molar-refractivity contribution >= 4 is 26.0 Å². The molecule has 11 heteroatoms. The normalized spacial score (nSPS) is 19.7. The van der Waals surface area contributed by atoms with E-state index in [-0.39, 0.29) is 55.8 Å². The van der Waals surface area contributed by atoms with Gasteiger partial charge in [-0.15, -0.1) is 0 Å². The molecule has 0 N–H and O–H groups in total. The predicted molar refractivity (Wildman–Crippen MR) is 112 cm³/mol. The van der Waals surface area contributed by atoms with Crippen molar-refractivity contribution in [1.29, 1.82) is 0 Å². The van der Waals surface area contributed by atoms with Crippen molar-refractivity contribution in [3.8, 4) is 0 Å². The van der Waals surface area contributed by atoms with E-state index in [4.69, 9.17) is 4.74 Å². The lowest BCUT2D eigenvalue weighted by molar-refractivity contribution is 0.0697. The maximum Gasteiger partial charge on any atom is 0.253 e. The third-order valence-corrected chi connectivity index (χ3v) is 9.43. The molecule has 0 spiro atoms. The molecule has 0 bridgehead atoms. The van der Waals surface area contributed by atoms with E-state index in [0.29, 0.717) is 30.8 Å². The second kappa shape index (κ2) is 9.31. The van der Waals surface area contributed by atoms with Crippen LogP contribution >= 0.6 is 0 Å². The third-order valence-electron chi connectivity index (χ3n) is 5.57. The molecule has 0 radical (unpaired) electrons. The Balaban J connectivity index is 1.82. The largest absolute Gasteiger partial charge is 0.379 e. The molecule has 2 fully saturated rings. The first-order chi connectivity index (χ1) is 14.2. The molecule has 2 heterocycles. The van der Waals surface area contributed by atoms with E-state index in [2.05, 4.69) is 0 Å². The lowest BCUT2D eigenvalue weighted by Gasteiger charge is -2.34. The van der Waals surface area contributed by atoms with Gasteiger partial charge in [-0.05, 0) is 31.0 Å². The number of sulfonamides is 2. The first-order valence-electron chi connectivity index (χ1n) is 10.2. The van der Waals surface area contributed by atoms with Gasteiger partial charge in [0, 0.05) is 44.8 Å². The number of aryl methyl sites for hydroxylation is 1. The summed E-state index contributed by atoms with van der Waals surface area (Å²) in [4.78, 5) is 14.7. The molecule has 30 heavy (non-hydrogen) atoms. The molecule has 2 saturated heterocycles. The fourth-order valence-corrected chi connectivity index (χ4v) is 6.49. The number of hydrogen-bond donors (Lipinski definition) is 0. The SMILES string of the molecule is CCc1ccc(C(=O)N2CCN(S(=O)(=O)CC)CC2)cc1S(=O)(=O)N1CCOCC1. The highest BCUT2D eigenvalue weighted by Crippen LogP contribution is 2.24. The lowest BCUT2D eigenvalue weighted by Crippen LogP contribution is -2.50. The van der Waals surface area contributed by atoms with E-state index in [9.17, 15) is 21.6 Å². The van der Waals surface area contributed by atoms with Crippen LogP contribution in [0, 0.1) is 0 Å². The maximum atomic E-state index is 13.2. The molecule has 0 saturated carbocycles. The van der Waals surface area contributed by atoms with Gasteiger partial charge in [0.1, 0.15) is 0 Å². The molecule has 168 valence electrons. The Morgan fingerprint density at radius 2 is 1.57 bits per heavy atom. The van der Waals surface area contributed by atoms with Gasteiger partial charge in [0.2, 0.25) is 20.0 Å². The van der Waals surface area contributed by atoms with Gasteiger partial charge < -0.3 is 9.64 Å². The molecule has 2 aliphatic rings. The summed E-state index contributed by atoms with van der Waals surface area (Å²) in [6.45, 7) is 5.80. The second-order valence-electron chi connectivity index (χ2n) is 7.28. The number of amides is 1. The van der Waals surface area contributed by atoms with Gasteiger partial charge in [0.25, 0.3) is 5.91 Å². The van der Waals surface area contributed by atoms with Gasteiger partial charge in [-0.1, -0.05) is 13.0 Å². The number of benzene rings is 1. The minimum Gasteiger partial charge on any atom is -0.379 e. The molecular weight excluding hydrogens is 430 g/mol. The Bertz CT molecular complexity index is 980. The fraction of sp³-hybridized carbons (Fsp3) is 0.632. The topological polar surface area (TPSA) is 104 Å². The Morgan fingerprint density at radius 3 is 2.13 bits per heavy atom. The number of carbonyl (C=O) groups is 1. The molecule has 1 aromatic carbocycles. The van der Waals surface area contributed by atoms with Crippen LogP contribution < -0.4 is 0 Å². The van der Waals surface area contributed by atoms with Crippen LogP contribution in [0.3, 0.4) is 0 Å². The molecule has 0 aromatic heterocycles. The summed E-state index contributed by atoms with van der Waals surface area (Å²) in [7, 11) is -7.01. The van der Waals surface area contributed by atoms with Crippen LogP contribution in [0.25, 0.3) is 0 Å². The van der Waals surface area contributed by atoms with Gasteiger partial charge in [0.15, 0.2) is 0 Å². The minimum atomic E-state index is -3.73. The highest BCUT2D eigenvalue weighted by molar-refractivity contribution is 7.89. The fourth-order valence-electron chi connectivity index (χ4n) is 3.68. The smallest absolute Gasteiger partial charge is 0.253 e. The number of piperazine rings is 1. The van der Waals surface area contributed by atoms with Crippen molar-refractivity contribution in [3.63, 3.8) is 0 Å².